The van der Waals surface area contributed by atoms with E-state index in [4.69, 9.17) is 9.47 Å². The highest BCUT2D eigenvalue weighted by Gasteiger charge is 2.28. The predicted octanol–water partition coefficient (Wildman–Crippen LogP) is 3.08. The van der Waals surface area contributed by atoms with Crippen molar-refractivity contribution < 1.29 is 9.47 Å². The number of methoxy groups -OCH3 is 1. The van der Waals surface area contributed by atoms with Crippen LogP contribution < -0.4 is 14.8 Å². The molecule has 4 heteroatoms. The van der Waals surface area contributed by atoms with Crippen LogP contribution in [-0.2, 0) is 12.8 Å². The molecule has 0 aromatic heterocycles. The Hall–Kier alpha value is -0.740. The third-order valence-corrected chi connectivity index (χ3v) is 5.00. The Morgan fingerprint density at radius 3 is 3.05 bits per heavy atom. The number of halogens is 1. The van der Waals surface area contributed by atoms with E-state index in [0.29, 0.717) is 6.04 Å². The molecule has 1 aromatic rings. The summed E-state index contributed by atoms with van der Waals surface area (Å²) >= 11 is 3.77. The first-order chi connectivity index (χ1) is 9.19. The highest BCUT2D eigenvalue weighted by molar-refractivity contribution is 9.10. The van der Waals surface area contributed by atoms with Crippen molar-refractivity contribution >= 4 is 15.9 Å². The first-order valence-corrected chi connectivity index (χ1v) is 7.76. The van der Waals surface area contributed by atoms with Gasteiger partial charge in [0.2, 0.25) is 0 Å². The van der Waals surface area contributed by atoms with Gasteiger partial charge in [-0.15, -0.1) is 0 Å². The van der Waals surface area contributed by atoms with E-state index >= 15 is 0 Å². The van der Waals surface area contributed by atoms with Crippen LogP contribution in [0.3, 0.4) is 0 Å². The fourth-order valence-electron chi connectivity index (χ4n) is 3.07. The van der Waals surface area contributed by atoms with Gasteiger partial charge in [-0.05, 0) is 44.4 Å². The molecular weight excluding hydrogens is 306 g/mol. The van der Waals surface area contributed by atoms with Gasteiger partial charge in [-0.25, -0.2) is 0 Å². The predicted molar refractivity (Wildman–Crippen MR) is 79.2 cm³/mol. The standard InChI is InChI=1S/C15H20BrNO2/c1-9-6-12-14(16)10(7-11-4-3-5-17-11)8-13(18-2)15(12)19-9/h8-9,11,17H,3-7H2,1-2H3. The summed E-state index contributed by atoms with van der Waals surface area (Å²) in [6.07, 6.45) is 4.79. The summed E-state index contributed by atoms with van der Waals surface area (Å²) < 4.78 is 12.6. The molecule has 0 amide bonds. The van der Waals surface area contributed by atoms with Crippen LogP contribution in [0.25, 0.3) is 0 Å². The Morgan fingerprint density at radius 2 is 2.37 bits per heavy atom. The van der Waals surface area contributed by atoms with Gasteiger partial charge in [0.1, 0.15) is 6.10 Å². The maximum Gasteiger partial charge on any atom is 0.166 e. The number of fused-ring (bicyclic) bond motifs is 1. The molecule has 0 bridgehead atoms. The highest BCUT2D eigenvalue weighted by Crippen LogP contribution is 2.44. The minimum Gasteiger partial charge on any atom is -0.493 e. The molecule has 0 spiro atoms. The molecule has 3 nitrogen and oxygen atoms in total. The fraction of sp³-hybridized carbons (Fsp3) is 0.600. The van der Waals surface area contributed by atoms with Crippen LogP contribution in [0.1, 0.15) is 30.9 Å². The lowest BCUT2D eigenvalue weighted by Gasteiger charge is -2.16. The van der Waals surface area contributed by atoms with Gasteiger partial charge in [-0.1, -0.05) is 15.9 Å². The van der Waals surface area contributed by atoms with E-state index in [9.17, 15) is 0 Å². The molecule has 1 saturated heterocycles. The summed E-state index contributed by atoms with van der Waals surface area (Å²) in [6, 6.07) is 2.72. The Morgan fingerprint density at radius 1 is 1.53 bits per heavy atom. The minimum atomic E-state index is 0.236. The lowest BCUT2D eigenvalue weighted by Crippen LogP contribution is -2.23. The molecule has 0 radical (unpaired) electrons. The molecule has 19 heavy (non-hydrogen) atoms. The Bertz CT molecular complexity index is 484. The number of hydrogen-bond acceptors (Lipinski definition) is 3. The first-order valence-electron chi connectivity index (χ1n) is 6.97. The van der Waals surface area contributed by atoms with E-state index in [1.54, 1.807) is 7.11 Å². The van der Waals surface area contributed by atoms with Crippen molar-refractivity contribution in [2.24, 2.45) is 0 Å². The molecule has 0 saturated carbocycles. The number of hydrogen-bond donors (Lipinski definition) is 1. The molecule has 2 aliphatic heterocycles. The van der Waals surface area contributed by atoms with Gasteiger partial charge < -0.3 is 14.8 Å². The van der Waals surface area contributed by atoms with Crippen molar-refractivity contribution in [3.63, 3.8) is 0 Å². The molecule has 0 aliphatic carbocycles. The van der Waals surface area contributed by atoms with E-state index in [2.05, 4.69) is 34.2 Å². The lowest BCUT2D eigenvalue weighted by atomic mass is 10.00. The van der Waals surface area contributed by atoms with Crippen molar-refractivity contribution in [2.45, 2.75) is 44.8 Å². The zero-order chi connectivity index (χ0) is 13.4. The zero-order valence-electron chi connectivity index (χ0n) is 11.5. The summed E-state index contributed by atoms with van der Waals surface area (Å²) in [4.78, 5) is 0. The van der Waals surface area contributed by atoms with Gasteiger partial charge in [0.15, 0.2) is 11.5 Å². The maximum atomic E-state index is 5.86. The molecule has 1 aromatic carbocycles. The van der Waals surface area contributed by atoms with Gasteiger partial charge in [0.25, 0.3) is 0 Å². The molecule has 1 N–H and O–H groups in total. The van der Waals surface area contributed by atoms with E-state index in [-0.39, 0.29) is 6.10 Å². The van der Waals surface area contributed by atoms with Crippen molar-refractivity contribution in [3.05, 3.63) is 21.7 Å². The van der Waals surface area contributed by atoms with Crippen LogP contribution in [0.4, 0.5) is 0 Å². The van der Waals surface area contributed by atoms with Crippen molar-refractivity contribution in [1.29, 1.82) is 0 Å². The van der Waals surface area contributed by atoms with E-state index in [1.165, 1.54) is 28.4 Å². The summed E-state index contributed by atoms with van der Waals surface area (Å²) in [6.45, 7) is 3.24. The second-order valence-electron chi connectivity index (χ2n) is 5.49. The second-order valence-corrected chi connectivity index (χ2v) is 6.28. The SMILES string of the molecule is COc1cc(CC2CCCN2)c(Br)c2c1OC(C)C2. The Balaban J connectivity index is 1.94. The molecule has 104 valence electrons. The Kier molecular flexibility index (Phi) is 3.72. The average Bonchev–Trinajstić information content (AvgIpc) is 3.02. The molecule has 2 atom stereocenters. The van der Waals surface area contributed by atoms with Crippen LogP contribution in [0.5, 0.6) is 11.5 Å². The normalized spacial score (nSPS) is 25.2. The van der Waals surface area contributed by atoms with Crippen molar-refractivity contribution in [3.8, 4) is 11.5 Å². The van der Waals surface area contributed by atoms with Crippen LogP contribution in [0.2, 0.25) is 0 Å². The third kappa shape index (κ3) is 2.48. The number of ether oxygens (including phenoxy) is 2. The number of rotatable bonds is 3. The summed E-state index contributed by atoms with van der Waals surface area (Å²) in [5, 5.41) is 3.55. The molecular formula is C15H20BrNO2. The summed E-state index contributed by atoms with van der Waals surface area (Å²) in [5.41, 5.74) is 2.59. The van der Waals surface area contributed by atoms with Gasteiger partial charge in [-0.2, -0.15) is 0 Å². The lowest BCUT2D eigenvalue weighted by molar-refractivity contribution is 0.243. The number of nitrogens with one attached hydrogen (secondary N) is 1. The summed E-state index contributed by atoms with van der Waals surface area (Å²) in [5.74, 6) is 1.79. The van der Waals surface area contributed by atoms with E-state index in [0.717, 1.165) is 30.9 Å². The van der Waals surface area contributed by atoms with E-state index < -0.39 is 0 Å². The van der Waals surface area contributed by atoms with Gasteiger partial charge in [-0.3, -0.25) is 0 Å². The third-order valence-electron chi connectivity index (χ3n) is 4.01. The van der Waals surface area contributed by atoms with Gasteiger partial charge in [0, 0.05) is 22.5 Å². The van der Waals surface area contributed by atoms with Crippen molar-refractivity contribution in [2.75, 3.05) is 13.7 Å². The Labute approximate surface area is 122 Å². The van der Waals surface area contributed by atoms with Crippen LogP contribution in [0, 0.1) is 0 Å². The average molecular weight is 326 g/mol. The largest absolute Gasteiger partial charge is 0.493 e. The molecule has 2 aliphatic rings. The molecule has 2 heterocycles. The van der Waals surface area contributed by atoms with Crippen LogP contribution in [0.15, 0.2) is 10.5 Å². The van der Waals surface area contributed by atoms with Crippen molar-refractivity contribution in [1.82, 2.24) is 5.32 Å². The quantitative estimate of drug-likeness (QED) is 0.926. The van der Waals surface area contributed by atoms with Crippen LogP contribution in [-0.4, -0.2) is 25.8 Å². The monoisotopic (exact) mass is 325 g/mol. The maximum absolute atomic E-state index is 5.86. The molecule has 3 rings (SSSR count). The minimum absolute atomic E-state index is 0.236. The van der Waals surface area contributed by atoms with E-state index in [1.807, 2.05) is 0 Å². The zero-order valence-corrected chi connectivity index (χ0v) is 13.0. The van der Waals surface area contributed by atoms with Crippen LogP contribution >= 0.6 is 15.9 Å². The fourth-order valence-corrected chi connectivity index (χ4v) is 3.69. The number of benzene rings is 1. The summed E-state index contributed by atoms with van der Waals surface area (Å²) in [7, 11) is 1.72. The first kappa shape index (κ1) is 13.3. The highest BCUT2D eigenvalue weighted by atomic mass is 79.9. The van der Waals surface area contributed by atoms with Gasteiger partial charge >= 0.3 is 0 Å². The topological polar surface area (TPSA) is 30.5 Å². The molecule has 1 fully saturated rings. The molecule has 2 unspecified atom stereocenters. The smallest absolute Gasteiger partial charge is 0.166 e. The second kappa shape index (κ2) is 5.33. The van der Waals surface area contributed by atoms with Gasteiger partial charge in [0.05, 0.1) is 7.11 Å².